The smallest absolute Gasteiger partial charge is 0.345 e. The Morgan fingerprint density at radius 2 is 1.81 bits per heavy atom. The van der Waals surface area contributed by atoms with Crippen molar-refractivity contribution in [3.8, 4) is 11.5 Å². The number of para-hydroxylation sites is 1. The summed E-state index contributed by atoms with van der Waals surface area (Å²) in [7, 11) is 0.276. The van der Waals surface area contributed by atoms with Crippen molar-refractivity contribution in [2.24, 2.45) is 4.40 Å². The Bertz CT molecular complexity index is 1200. The number of carbonyl (C=O) groups is 1. The first-order valence-electron chi connectivity index (χ1n) is 9.78. The molecular formula is C22H23N3O5S. The summed E-state index contributed by atoms with van der Waals surface area (Å²) in [5.41, 5.74) is 2.57. The average molecular weight is 442 g/mol. The third-order valence-electron chi connectivity index (χ3n) is 5.43. The minimum Gasteiger partial charge on any atom is -0.493 e. The molecule has 0 aromatic heterocycles. The van der Waals surface area contributed by atoms with Crippen LogP contribution in [0, 0.1) is 0 Å². The molecule has 0 fully saturated rings. The quantitative estimate of drug-likeness (QED) is 0.728. The number of amides is 1. The van der Waals surface area contributed by atoms with E-state index < -0.39 is 10.2 Å². The molecular weight excluding hydrogens is 418 g/mol. The molecule has 0 bridgehead atoms. The lowest BCUT2D eigenvalue weighted by Gasteiger charge is -2.33. The zero-order valence-corrected chi connectivity index (χ0v) is 18.3. The Kier molecular flexibility index (Phi) is 5.45. The fourth-order valence-corrected chi connectivity index (χ4v) is 4.68. The second-order valence-corrected chi connectivity index (χ2v) is 8.84. The monoisotopic (exact) mass is 441 g/mol. The van der Waals surface area contributed by atoms with Gasteiger partial charge in [0.15, 0.2) is 11.5 Å². The summed E-state index contributed by atoms with van der Waals surface area (Å²) < 4.78 is 40.9. The molecule has 31 heavy (non-hydrogen) atoms. The van der Waals surface area contributed by atoms with Crippen molar-refractivity contribution in [2.45, 2.75) is 12.8 Å². The van der Waals surface area contributed by atoms with E-state index in [1.807, 2.05) is 24.3 Å². The molecule has 2 aliphatic heterocycles. The lowest BCUT2D eigenvalue weighted by molar-refractivity contribution is -0.116. The van der Waals surface area contributed by atoms with Crippen LogP contribution in [0.25, 0.3) is 0 Å². The van der Waals surface area contributed by atoms with Crippen LogP contribution in [-0.2, 0) is 21.4 Å². The number of carbonyl (C=O) groups excluding carboxylic acids is 1. The van der Waals surface area contributed by atoms with Crippen molar-refractivity contribution >= 4 is 27.5 Å². The number of fused-ring (bicyclic) bond motifs is 1. The van der Waals surface area contributed by atoms with Crippen LogP contribution >= 0.6 is 0 Å². The summed E-state index contributed by atoms with van der Waals surface area (Å²) in [6, 6.07) is 12.7. The molecule has 0 spiro atoms. The first-order valence-corrected chi connectivity index (χ1v) is 11.2. The highest BCUT2D eigenvalue weighted by Crippen LogP contribution is 2.32. The fourth-order valence-electron chi connectivity index (χ4n) is 3.77. The van der Waals surface area contributed by atoms with E-state index in [0.29, 0.717) is 23.6 Å². The molecule has 0 N–H and O–H groups in total. The second-order valence-electron chi connectivity index (χ2n) is 7.21. The molecule has 2 aromatic carbocycles. The number of hydrogen-bond acceptors (Lipinski definition) is 5. The van der Waals surface area contributed by atoms with Crippen LogP contribution in [0.4, 0.5) is 5.69 Å². The van der Waals surface area contributed by atoms with Gasteiger partial charge in [-0.3, -0.25) is 4.79 Å². The number of likely N-dealkylation sites (N-methyl/N-ethyl adjacent to an activating group) is 1. The first-order chi connectivity index (χ1) is 14.9. The van der Waals surface area contributed by atoms with Crippen molar-refractivity contribution in [3.63, 3.8) is 0 Å². The number of anilines is 1. The highest BCUT2D eigenvalue weighted by molar-refractivity contribution is 7.88. The number of ether oxygens (including phenoxy) is 2. The zero-order chi connectivity index (χ0) is 22.2. The molecule has 1 amide bonds. The van der Waals surface area contributed by atoms with Crippen LogP contribution in [0.5, 0.6) is 11.5 Å². The lowest BCUT2D eigenvalue weighted by atomic mass is 10.0. The minimum atomic E-state index is -4.07. The second kappa shape index (κ2) is 8.07. The molecule has 2 heterocycles. The lowest BCUT2D eigenvalue weighted by Crippen LogP contribution is -2.43. The predicted octanol–water partition coefficient (Wildman–Crippen LogP) is 2.55. The van der Waals surface area contributed by atoms with Gasteiger partial charge in [0.05, 0.1) is 19.9 Å². The number of rotatable bonds is 4. The van der Waals surface area contributed by atoms with E-state index in [4.69, 9.17) is 9.47 Å². The highest BCUT2D eigenvalue weighted by atomic mass is 32.2. The van der Waals surface area contributed by atoms with E-state index in [2.05, 4.69) is 4.40 Å². The topological polar surface area (TPSA) is 88.5 Å². The summed E-state index contributed by atoms with van der Waals surface area (Å²) >= 11 is 0. The number of benzene rings is 2. The van der Waals surface area contributed by atoms with Crippen molar-refractivity contribution < 1.29 is 22.7 Å². The summed E-state index contributed by atoms with van der Waals surface area (Å²) in [5, 5.41) is 0. The van der Waals surface area contributed by atoms with Crippen LogP contribution in [0.3, 0.4) is 0 Å². The van der Waals surface area contributed by atoms with E-state index in [1.165, 1.54) is 27.3 Å². The normalized spacial score (nSPS) is 17.4. The number of nitrogens with zero attached hydrogens (tertiary/aromatic N) is 3. The van der Waals surface area contributed by atoms with Crippen molar-refractivity contribution in [2.75, 3.05) is 32.7 Å². The molecule has 9 heteroatoms. The minimum absolute atomic E-state index is 0.0384. The SMILES string of the molecule is COc1ccc(C2=NS(=O)(=O)N(C)C(C(=O)N3CCCc4ccccc43)=C2)cc1OC. The fraction of sp³-hybridized carbons (Fsp3) is 0.273. The van der Waals surface area contributed by atoms with Gasteiger partial charge in [0, 0.05) is 24.8 Å². The molecule has 162 valence electrons. The number of allylic oxidation sites excluding steroid dienone is 1. The Hall–Kier alpha value is -3.33. The average Bonchev–Trinajstić information content (AvgIpc) is 2.79. The predicted molar refractivity (Wildman–Crippen MR) is 118 cm³/mol. The maximum Gasteiger partial charge on any atom is 0.345 e. The van der Waals surface area contributed by atoms with Crippen LogP contribution in [0.15, 0.2) is 58.6 Å². The molecule has 0 atom stereocenters. The Balaban J connectivity index is 1.77. The molecule has 0 unspecified atom stereocenters. The molecule has 0 radical (unpaired) electrons. The van der Waals surface area contributed by atoms with Gasteiger partial charge in [0.2, 0.25) is 0 Å². The van der Waals surface area contributed by atoms with Crippen molar-refractivity contribution in [3.05, 3.63) is 65.4 Å². The standard InChI is InChI=1S/C22H23N3O5S/c1-24-19(22(26)25-12-6-8-15-7-4-5-9-18(15)25)14-17(23-31(24,27)28)16-10-11-20(29-2)21(13-16)30-3/h4-5,7,9-11,13-14H,6,8,12H2,1-3H3. The van der Waals surface area contributed by atoms with Crippen LogP contribution in [0.2, 0.25) is 0 Å². The Morgan fingerprint density at radius 1 is 1.06 bits per heavy atom. The van der Waals surface area contributed by atoms with E-state index >= 15 is 0 Å². The van der Waals surface area contributed by atoms with Gasteiger partial charge in [-0.1, -0.05) is 18.2 Å². The zero-order valence-electron chi connectivity index (χ0n) is 17.5. The van der Waals surface area contributed by atoms with E-state index in [0.717, 1.165) is 28.4 Å². The summed E-state index contributed by atoms with van der Waals surface area (Å²) in [6.45, 7) is 0.518. The van der Waals surface area contributed by atoms with E-state index in [9.17, 15) is 13.2 Å². The maximum absolute atomic E-state index is 13.5. The van der Waals surface area contributed by atoms with Crippen molar-refractivity contribution in [1.82, 2.24) is 4.31 Å². The molecule has 4 rings (SSSR count). The largest absolute Gasteiger partial charge is 0.493 e. The molecule has 0 aliphatic carbocycles. The van der Waals surface area contributed by atoms with Gasteiger partial charge in [0.1, 0.15) is 5.70 Å². The maximum atomic E-state index is 13.5. The van der Waals surface area contributed by atoms with Gasteiger partial charge < -0.3 is 14.4 Å². The van der Waals surface area contributed by atoms with E-state index in [1.54, 1.807) is 23.1 Å². The summed E-state index contributed by atoms with van der Waals surface area (Å²) in [6.07, 6.45) is 3.19. The van der Waals surface area contributed by atoms with Gasteiger partial charge >= 0.3 is 10.2 Å². The van der Waals surface area contributed by atoms with Gasteiger partial charge in [0.25, 0.3) is 5.91 Å². The van der Waals surface area contributed by atoms with Crippen molar-refractivity contribution in [1.29, 1.82) is 0 Å². The van der Waals surface area contributed by atoms with Crippen LogP contribution in [0.1, 0.15) is 17.5 Å². The molecule has 2 aliphatic rings. The number of hydrogen-bond donors (Lipinski definition) is 0. The molecule has 0 saturated heterocycles. The Labute approximate surface area is 181 Å². The highest BCUT2D eigenvalue weighted by Gasteiger charge is 2.34. The Morgan fingerprint density at radius 3 is 2.55 bits per heavy atom. The van der Waals surface area contributed by atoms with Gasteiger partial charge in [-0.25, -0.2) is 4.31 Å². The summed E-state index contributed by atoms with van der Waals surface area (Å²) in [5.74, 6) is 0.559. The third kappa shape index (κ3) is 3.76. The number of aryl methyl sites for hydroxylation is 1. The van der Waals surface area contributed by atoms with Gasteiger partial charge in [-0.15, -0.1) is 4.40 Å². The van der Waals surface area contributed by atoms with Gasteiger partial charge in [-0.2, -0.15) is 8.42 Å². The van der Waals surface area contributed by atoms with Crippen LogP contribution in [-0.4, -0.2) is 52.2 Å². The van der Waals surface area contributed by atoms with Crippen LogP contribution < -0.4 is 14.4 Å². The van der Waals surface area contributed by atoms with Gasteiger partial charge in [-0.05, 0) is 48.7 Å². The molecule has 0 saturated carbocycles. The summed E-state index contributed by atoms with van der Waals surface area (Å²) in [4.78, 5) is 15.1. The molecule has 8 nitrogen and oxygen atoms in total. The third-order valence-corrected chi connectivity index (χ3v) is 6.74. The first kappa shape index (κ1) is 20.9. The van der Waals surface area contributed by atoms with E-state index in [-0.39, 0.29) is 17.3 Å². The number of methoxy groups -OCH3 is 2. The molecule has 2 aromatic rings.